The number of amides is 3. The summed E-state index contributed by atoms with van der Waals surface area (Å²) in [7, 11) is 1.53. The summed E-state index contributed by atoms with van der Waals surface area (Å²) in [5, 5.41) is 13.0. The number of hydrogen-bond donors (Lipinski definition) is 2. The molecule has 1 fully saturated rings. The second-order valence-corrected chi connectivity index (χ2v) is 6.98. The first-order valence-corrected chi connectivity index (χ1v) is 8.99. The number of nitrogens with zero attached hydrogens (tertiary/aromatic N) is 1. The molecule has 0 spiro atoms. The molecule has 1 saturated heterocycles. The van der Waals surface area contributed by atoms with E-state index in [1.165, 1.54) is 7.11 Å². The molecule has 2 aromatic carbocycles. The van der Waals surface area contributed by atoms with Gasteiger partial charge in [-0.3, -0.25) is 9.69 Å². The average molecular weight is 384 g/mol. The number of ether oxygens (including phenoxy) is 2. The first-order valence-electron chi connectivity index (χ1n) is 8.99. The molecular formula is C21H24N2O5. The van der Waals surface area contributed by atoms with E-state index in [9.17, 15) is 14.7 Å². The fraction of sp³-hybridized carbons (Fsp3) is 0.333. The van der Waals surface area contributed by atoms with Gasteiger partial charge in [0.05, 0.1) is 13.7 Å². The van der Waals surface area contributed by atoms with Gasteiger partial charge in [0.1, 0.15) is 29.7 Å². The smallest absolute Gasteiger partial charge is 0.325 e. The molecule has 28 heavy (non-hydrogen) atoms. The van der Waals surface area contributed by atoms with Gasteiger partial charge in [0, 0.05) is 0 Å². The van der Waals surface area contributed by atoms with Crippen LogP contribution in [0.15, 0.2) is 48.5 Å². The molecule has 0 radical (unpaired) electrons. The van der Waals surface area contributed by atoms with Crippen LogP contribution in [-0.2, 0) is 10.3 Å². The van der Waals surface area contributed by atoms with Crippen LogP contribution in [0.3, 0.4) is 0 Å². The molecule has 2 N–H and O–H groups in total. The summed E-state index contributed by atoms with van der Waals surface area (Å²) in [6.45, 7) is 3.42. The summed E-state index contributed by atoms with van der Waals surface area (Å²) in [5.74, 6) is 0.772. The van der Waals surface area contributed by atoms with Crippen LogP contribution >= 0.6 is 0 Å². The van der Waals surface area contributed by atoms with Crippen molar-refractivity contribution in [2.24, 2.45) is 0 Å². The van der Waals surface area contributed by atoms with Gasteiger partial charge in [0.25, 0.3) is 5.91 Å². The predicted octanol–water partition coefficient (Wildman–Crippen LogP) is 2.21. The molecule has 2 atom stereocenters. The Balaban J connectivity index is 1.66. The number of imide groups is 1. The van der Waals surface area contributed by atoms with Crippen molar-refractivity contribution < 1.29 is 24.2 Å². The summed E-state index contributed by atoms with van der Waals surface area (Å²) >= 11 is 0. The lowest BCUT2D eigenvalue weighted by Gasteiger charge is -2.23. The number of aliphatic hydroxyl groups is 1. The number of methoxy groups -OCH3 is 1. The minimum Gasteiger partial charge on any atom is -0.497 e. The van der Waals surface area contributed by atoms with Gasteiger partial charge in [0.2, 0.25) is 0 Å². The van der Waals surface area contributed by atoms with Crippen LogP contribution < -0.4 is 14.8 Å². The number of β-amino-alcohol motifs (C(OH)–C–C–N with tert-alkyl or cyclic N) is 1. The predicted molar refractivity (Wildman–Crippen MR) is 103 cm³/mol. The van der Waals surface area contributed by atoms with Crippen LogP contribution in [0.4, 0.5) is 4.79 Å². The third-order valence-electron chi connectivity index (χ3n) is 4.78. The Bertz CT molecular complexity index is 867. The molecule has 1 aliphatic rings. The van der Waals surface area contributed by atoms with Crippen LogP contribution in [0.1, 0.15) is 18.1 Å². The molecule has 7 nitrogen and oxygen atoms in total. The molecule has 1 aliphatic heterocycles. The normalized spacial score (nSPS) is 20.1. The number of carbonyl (C=O) groups excluding carboxylic acids is 2. The molecule has 3 rings (SSSR count). The lowest BCUT2D eigenvalue weighted by molar-refractivity contribution is -0.132. The number of aryl methyl sites for hydroxylation is 1. The fourth-order valence-corrected chi connectivity index (χ4v) is 3.08. The summed E-state index contributed by atoms with van der Waals surface area (Å²) in [6.07, 6.45) is -1.01. The Hall–Kier alpha value is -3.06. The summed E-state index contributed by atoms with van der Waals surface area (Å²) in [4.78, 5) is 26.3. The van der Waals surface area contributed by atoms with E-state index in [0.717, 1.165) is 10.5 Å². The number of rotatable bonds is 7. The molecule has 0 aromatic heterocycles. The van der Waals surface area contributed by atoms with Crippen molar-refractivity contribution in [2.75, 3.05) is 20.3 Å². The molecule has 2 aromatic rings. The van der Waals surface area contributed by atoms with Gasteiger partial charge in [-0.2, -0.15) is 0 Å². The van der Waals surface area contributed by atoms with Gasteiger partial charge < -0.3 is 19.9 Å². The highest BCUT2D eigenvalue weighted by Crippen LogP contribution is 2.31. The highest BCUT2D eigenvalue weighted by Gasteiger charge is 2.49. The maximum absolute atomic E-state index is 12.9. The molecular weight excluding hydrogens is 360 g/mol. The molecule has 0 bridgehead atoms. The Morgan fingerprint density at radius 2 is 1.86 bits per heavy atom. The third kappa shape index (κ3) is 3.94. The zero-order valence-corrected chi connectivity index (χ0v) is 16.1. The highest BCUT2D eigenvalue weighted by molar-refractivity contribution is 6.07. The number of carbonyl (C=O) groups is 2. The maximum atomic E-state index is 12.9. The highest BCUT2D eigenvalue weighted by atomic mass is 16.5. The quantitative estimate of drug-likeness (QED) is 0.715. The number of nitrogens with one attached hydrogen (secondary N) is 1. The molecule has 1 heterocycles. The van der Waals surface area contributed by atoms with Gasteiger partial charge >= 0.3 is 6.03 Å². The van der Waals surface area contributed by atoms with Crippen molar-refractivity contribution in [2.45, 2.75) is 25.5 Å². The van der Waals surface area contributed by atoms with Gasteiger partial charge in [0.15, 0.2) is 0 Å². The number of benzene rings is 2. The minimum absolute atomic E-state index is 0.0318. The average Bonchev–Trinajstić information content (AvgIpc) is 2.91. The van der Waals surface area contributed by atoms with Gasteiger partial charge in [-0.05, 0) is 43.7 Å². The van der Waals surface area contributed by atoms with Crippen LogP contribution in [0, 0.1) is 6.92 Å². The topological polar surface area (TPSA) is 88.1 Å². The van der Waals surface area contributed by atoms with Crippen LogP contribution in [0.5, 0.6) is 11.5 Å². The van der Waals surface area contributed by atoms with Crippen molar-refractivity contribution in [3.63, 3.8) is 0 Å². The fourth-order valence-electron chi connectivity index (χ4n) is 3.08. The first kappa shape index (κ1) is 19.7. The van der Waals surface area contributed by atoms with Crippen LogP contribution in [0.25, 0.3) is 0 Å². The lowest BCUT2D eigenvalue weighted by Crippen LogP contribution is -2.42. The van der Waals surface area contributed by atoms with Crippen molar-refractivity contribution >= 4 is 11.9 Å². The molecule has 7 heteroatoms. The van der Waals surface area contributed by atoms with Crippen molar-refractivity contribution in [3.8, 4) is 11.5 Å². The number of urea groups is 1. The largest absolute Gasteiger partial charge is 0.497 e. The SMILES string of the molecule is COc1cccc([C@@]2(C)NC(=O)N(C[C@@H](O)COc3ccc(C)cc3)C2=O)c1. The van der Waals surface area contributed by atoms with Gasteiger partial charge in [-0.15, -0.1) is 0 Å². The molecule has 0 unspecified atom stereocenters. The Morgan fingerprint density at radius 3 is 2.54 bits per heavy atom. The van der Waals surface area contributed by atoms with Gasteiger partial charge in [-0.25, -0.2) is 4.79 Å². The Labute approximate surface area is 163 Å². The van der Waals surface area contributed by atoms with Crippen LogP contribution in [0.2, 0.25) is 0 Å². The van der Waals surface area contributed by atoms with E-state index in [1.54, 1.807) is 43.3 Å². The summed E-state index contributed by atoms with van der Waals surface area (Å²) in [6, 6.07) is 13.8. The van der Waals surface area contributed by atoms with Crippen molar-refractivity contribution in [1.82, 2.24) is 10.2 Å². The molecule has 0 saturated carbocycles. The van der Waals surface area contributed by atoms with Crippen molar-refractivity contribution in [1.29, 1.82) is 0 Å². The molecule has 3 amide bonds. The zero-order chi connectivity index (χ0) is 20.3. The van der Waals surface area contributed by atoms with E-state index in [2.05, 4.69) is 5.32 Å². The second-order valence-electron chi connectivity index (χ2n) is 6.98. The first-order chi connectivity index (χ1) is 13.3. The van der Waals surface area contributed by atoms with E-state index >= 15 is 0 Å². The number of aliphatic hydroxyl groups excluding tert-OH is 1. The summed E-state index contributed by atoms with van der Waals surface area (Å²) in [5.41, 5.74) is 0.491. The molecule has 148 valence electrons. The lowest BCUT2D eigenvalue weighted by atomic mass is 9.92. The summed E-state index contributed by atoms with van der Waals surface area (Å²) < 4.78 is 10.7. The standard InChI is InChI=1S/C21H24N2O5/c1-14-7-9-17(10-8-14)28-13-16(24)12-23-19(25)21(2,22-20(23)26)15-5-4-6-18(11-15)27-3/h4-11,16,24H,12-13H2,1-3H3,(H,22,26)/t16-,21-/m1/s1. The third-order valence-corrected chi connectivity index (χ3v) is 4.78. The van der Waals surface area contributed by atoms with Gasteiger partial charge in [-0.1, -0.05) is 29.8 Å². The van der Waals surface area contributed by atoms with E-state index in [1.807, 2.05) is 19.1 Å². The van der Waals surface area contributed by atoms with E-state index in [4.69, 9.17) is 9.47 Å². The van der Waals surface area contributed by atoms with Crippen molar-refractivity contribution in [3.05, 3.63) is 59.7 Å². The van der Waals surface area contributed by atoms with E-state index < -0.39 is 23.6 Å². The second kappa shape index (κ2) is 7.90. The van der Waals surface area contributed by atoms with E-state index in [0.29, 0.717) is 17.1 Å². The Kier molecular flexibility index (Phi) is 5.56. The zero-order valence-electron chi connectivity index (χ0n) is 16.1. The van der Waals surface area contributed by atoms with E-state index in [-0.39, 0.29) is 13.2 Å². The van der Waals surface area contributed by atoms with Crippen LogP contribution in [-0.4, -0.2) is 48.3 Å². The maximum Gasteiger partial charge on any atom is 0.325 e. The molecule has 0 aliphatic carbocycles. The Morgan fingerprint density at radius 1 is 1.14 bits per heavy atom. The minimum atomic E-state index is -1.22. The number of hydrogen-bond acceptors (Lipinski definition) is 5. The monoisotopic (exact) mass is 384 g/mol.